The van der Waals surface area contributed by atoms with Crippen LogP contribution in [0.3, 0.4) is 0 Å². The molecule has 0 spiro atoms. The van der Waals surface area contributed by atoms with Crippen LogP contribution >= 0.6 is 7.60 Å². The normalized spacial score (nSPS) is 18.0. The molecule has 12 heavy (non-hydrogen) atoms. The van der Waals surface area contributed by atoms with E-state index in [-0.39, 0.29) is 6.61 Å². The van der Waals surface area contributed by atoms with E-state index in [4.69, 9.17) is 4.89 Å². The second-order valence-electron chi connectivity index (χ2n) is 2.33. The topological polar surface area (TPSA) is 98.7 Å². The SMILES string of the molecule is COCC(C)NC(=O)P(=O)([O-])O. The largest absolute Gasteiger partial charge is 0.772 e. The Bertz CT molecular complexity index is 200. The molecular weight excluding hydrogens is 185 g/mol. The zero-order valence-corrected chi connectivity index (χ0v) is 7.71. The molecule has 2 N–H and O–H groups in total. The molecule has 0 aromatic heterocycles. The molecule has 2 atom stereocenters. The Balaban J connectivity index is 3.93. The predicted octanol–water partition coefficient (Wildman–Crippen LogP) is -0.723. The van der Waals surface area contributed by atoms with Crippen LogP contribution in [0.2, 0.25) is 0 Å². The van der Waals surface area contributed by atoms with Crippen molar-refractivity contribution in [3.05, 3.63) is 0 Å². The van der Waals surface area contributed by atoms with Gasteiger partial charge in [-0.1, -0.05) is 0 Å². The van der Waals surface area contributed by atoms with Crippen LogP contribution in [-0.2, 0) is 9.30 Å². The molecule has 7 heteroatoms. The molecule has 72 valence electrons. The van der Waals surface area contributed by atoms with Crippen LogP contribution in [0.5, 0.6) is 0 Å². The van der Waals surface area contributed by atoms with Crippen LogP contribution < -0.4 is 10.2 Å². The van der Waals surface area contributed by atoms with Gasteiger partial charge in [0.15, 0.2) is 0 Å². The van der Waals surface area contributed by atoms with Crippen LogP contribution in [0, 0.1) is 0 Å². The molecule has 2 unspecified atom stereocenters. The Labute approximate surface area is 70.1 Å². The fourth-order valence-electron chi connectivity index (χ4n) is 0.584. The number of nitrogens with one attached hydrogen (secondary N) is 1. The van der Waals surface area contributed by atoms with Gasteiger partial charge in [-0.25, -0.2) is 0 Å². The van der Waals surface area contributed by atoms with Gasteiger partial charge >= 0.3 is 0 Å². The molecule has 0 aromatic rings. The molecule has 0 bridgehead atoms. The van der Waals surface area contributed by atoms with E-state index < -0.39 is 19.3 Å². The van der Waals surface area contributed by atoms with Crippen molar-refractivity contribution >= 4 is 13.2 Å². The van der Waals surface area contributed by atoms with Crippen molar-refractivity contribution < 1.29 is 23.9 Å². The van der Waals surface area contributed by atoms with E-state index in [1.165, 1.54) is 7.11 Å². The van der Waals surface area contributed by atoms with Crippen molar-refractivity contribution in [2.75, 3.05) is 13.7 Å². The van der Waals surface area contributed by atoms with E-state index >= 15 is 0 Å². The summed E-state index contributed by atoms with van der Waals surface area (Å²) >= 11 is 0. The summed E-state index contributed by atoms with van der Waals surface area (Å²) in [4.78, 5) is 29.0. The van der Waals surface area contributed by atoms with Gasteiger partial charge in [0, 0.05) is 13.2 Å². The first kappa shape index (κ1) is 11.6. The zero-order chi connectivity index (χ0) is 9.78. The van der Waals surface area contributed by atoms with Crippen LogP contribution in [0.1, 0.15) is 6.92 Å². The highest BCUT2D eigenvalue weighted by molar-refractivity contribution is 7.68. The molecule has 0 saturated carbocycles. The third-order valence-electron chi connectivity index (χ3n) is 1.04. The summed E-state index contributed by atoms with van der Waals surface area (Å²) in [6, 6.07) is -0.447. The maximum Gasteiger partial charge on any atom is 0.291 e. The number of hydrogen-bond acceptors (Lipinski definition) is 4. The van der Waals surface area contributed by atoms with E-state index in [0.717, 1.165) is 0 Å². The molecule has 0 aliphatic heterocycles. The van der Waals surface area contributed by atoms with Gasteiger partial charge in [0.2, 0.25) is 7.60 Å². The van der Waals surface area contributed by atoms with Crippen molar-refractivity contribution in [1.82, 2.24) is 5.32 Å². The first-order chi connectivity index (χ1) is 5.38. The minimum Gasteiger partial charge on any atom is -0.772 e. The van der Waals surface area contributed by atoms with Gasteiger partial charge in [-0.3, -0.25) is 9.36 Å². The Morgan fingerprint density at radius 2 is 2.33 bits per heavy atom. The van der Waals surface area contributed by atoms with Crippen molar-refractivity contribution in [2.24, 2.45) is 0 Å². The average molecular weight is 196 g/mol. The van der Waals surface area contributed by atoms with E-state index in [1.54, 1.807) is 6.92 Å². The zero-order valence-electron chi connectivity index (χ0n) is 6.81. The standard InChI is InChI=1S/C5H12NO5P/c1-4(3-11-2)6-5(7)12(8,9)10/h4H,3H2,1-2H3,(H,6,7)(H2,8,9,10)/p-1. The number of amides is 1. The quantitative estimate of drug-likeness (QED) is 0.578. The lowest BCUT2D eigenvalue weighted by Gasteiger charge is -2.18. The van der Waals surface area contributed by atoms with Crippen molar-refractivity contribution in [1.29, 1.82) is 0 Å². The fourth-order valence-corrected chi connectivity index (χ4v) is 0.968. The molecule has 0 fully saturated rings. The highest BCUT2D eigenvalue weighted by atomic mass is 31.2. The monoisotopic (exact) mass is 196 g/mol. The lowest BCUT2D eigenvalue weighted by molar-refractivity contribution is -0.189. The Kier molecular flexibility index (Phi) is 4.41. The molecule has 6 nitrogen and oxygen atoms in total. The minimum atomic E-state index is -4.89. The minimum absolute atomic E-state index is 0.186. The first-order valence-corrected chi connectivity index (χ1v) is 4.79. The highest BCUT2D eigenvalue weighted by Crippen LogP contribution is 2.29. The molecular formula is C5H11NO5P-. The Hall–Kier alpha value is -0.420. The van der Waals surface area contributed by atoms with Gasteiger partial charge in [-0.05, 0) is 6.92 Å². The summed E-state index contributed by atoms with van der Waals surface area (Å²) in [6.45, 7) is 1.74. The summed E-state index contributed by atoms with van der Waals surface area (Å²) in [6.07, 6.45) is 0. The van der Waals surface area contributed by atoms with Gasteiger partial charge in [-0.15, -0.1) is 0 Å². The van der Waals surface area contributed by atoms with E-state index in [0.29, 0.717) is 0 Å². The van der Waals surface area contributed by atoms with Gasteiger partial charge in [0.05, 0.1) is 6.61 Å². The van der Waals surface area contributed by atoms with Crippen LogP contribution in [0.25, 0.3) is 0 Å². The van der Waals surface area contributed by atoms with Gasteiger partial charge in [-0.2, -0.15) is 0 Å². The molecule has 0 rings (SSSR count). The molecule has 0 aliphatic rings. The van der Waals surface area contributed by atoms with Gasteiger partial charge in [0.1, 0.15) is 0 Å². The van der Waals surface area contributed by atoms with Gasteiger partial charge in [0.25, 0.3) is 5.65 Å². The lowest BCUT2D eigenvalue weighted by atomic mass is 10.4. The van der Waals surface area contributed by atoms with E-state index in [1.807, 2.05) is 5.32 Å². The maximum atomic E-state index is 10.6. The lowest BCUT2D eigenvalue weighted by Crippen LogP contribution is -2.36. The van der Waals surface area contributed by atoms with Crippen LogP contribution in [0.4, 0.5) is 4.79 Å². The second kappa shape index (κ2) is 4.57. The summed E-state index contributed by atoms with van der Waals surface area (Å²) in [5, 5.41) is 2.03. The summed E-state index contributed by atoms with van der Waals surface area (Å²) < 4.78 is 14.8. The number of rotatable bonds is 4. The Morgan fingerprint density at radius 3 is 2.67 bits per heavy atom. The third-order valence-corrected chi connectivity index (χ3v) is 1.69. The number of carbonyl (C=O) groups excluding carboxylic acids is 1. The molecule has 0 heterocycles. The van der Waals surface area contributed by atoms with Crippen LogP contribution in [-0.4, -0.2) is 30.3 Å². The number of hydrogen-bond donors (Lipinski definition) is 2. The highest BCUT2D eigenvalue weighted by Gasteiger charge is 2.16. The molecule has 0 aromatic carbocycles. The maximum absolute atomic E-state index is 10.6. The third kappa shape index (κ3) is 4.46. The van der Waals surface area contributed by atoms with E-state index in [2.05, 4.69) is 4.74 Å². The fraction of sp³-hybridized carbons (Fsp3) is 0.800. The van der Waals surface area contributed by atoms with E-state index in [9.17, 15) is 14.3 Å². The Morgan fingerprint density at radius 1 is 1.83 bits per heavy atom. The average Bonchev–Trinajstić information content (AvgIpc) is 1.85. The summed E-state index contributed by atoms with van der Waals surface area (Å²) in [5.41, 5.74) is -1.38. The van der Waals surface area contributed by atoms with Crippen molar-refractivity contribution in [3.63, 3.8) is 0 Å². The number of ether oxygens (including phenoxy) is 1. The smallest absolute Gasteiger partial charge is 0.291 e. The summed E-state index contributed by atoms with van der Waals surface area (Å²) in [7, 11) is -3.47. The molecule has 0 saturated heterocycles. The first-order valence-electron chi connectivity index (χ1n) is 3.21. The molecule has 0 radical (unpaired) electrons. The number of methoxy groups -OCH3 is 1. The second-order valence-corrected chi connectivity index (χ2v) is 3.77. The predicted molar refractivity (Wildman–Crippen MR) is 39.7 cm³/mol. The number of carbonyl (C=O) groups is 1. The van der Waals surface area contributed by atoms with Gasteiger partial charge < -0.3 is 19.8 Å². The molecule has 1 amide bonds. The van der Waals surface area contributed by atoms with Crippen molar-refractivity contribution in [3.8, 4) is 0 Å². The summed E-state index contributed by atoms with van der Waals surface area (Å²) in [5.74, 6) is 0. The molecule has 0 aliphatic carbocycles. The van der Waals surface area contributed by atoms with Crippen LogP contribution in [0.15, 0.2) is 0 Å². The van der Waals surface area contributed by atoms with Crippen molar-refractivity contribution in [2.45, 2.75) is 13.0 Å².